The molecule has 0 bridgehead atoms. The minimum atomic E-state index is -0.288. The van der Waals surface area contributed by atoms with Crippen LogP contribution in [0.1, 0.15) is 52.0 Å². The van der Waals surface area contributed by atoms with Gasteiger partial charge in [0, 0.05) is 25.8 Å². The molecule has 1 aromatic carbocycles. The molecule has 0 saturated heterocycles. The van der Waals surface area contributed by atoms with Crippen molar-refractivity contribution in [2.75, 3.05) is 13.7 Å². The van der Waals surface area contributed by atoms with E-state index >= 15 is 0 Å². The Morgan fingerprint density at radius 1 is 1.04 bits per heavy atom. The normalized spacial score (nSPS) is 10.5. The summed E-state index contributed by atoms with van der Waals surface area (Å²) in [5, 5.41) is 5.66. The lowest BCUT2D eigenvalue weighted by Gasteiger charge is -2.06. The topological polar surface area (TPSA) is 80.6 Å². The Bertz CT molecular complexity index is 692. The average Bonchev–Trinajstić information content (AvgIpc) is 3.09. The van der Waals surface area contributed by atoms with Crippen molar-refractivity contribution in [2.24, 2.45) is 0 Å². The number of hydrogen-bond donors (Lipinski definition) is 2. The van der Waals surface area contributed by atoms with Gasteiger partial charge < -0.3 is 19.8 Å². The molecule has 6 nitrogen and oxygen atoms in total. The lowest BCUT2D eigenvalue weighted by molar-refractivity contribution is 0.0912. The third-order valence-corrected chi connectivity index (χ3v) is 3.66. The van der Waals surface area contributed by atoms with Gasteiger partial charge in [0.25, 0.3) is 11.8 Å². The lowest BCUT2D eigenvalue weighted by Crippen LogP contribution is -2.24. The maximum absolute atomic E-state index is 12.0. The van der Waals surface area contributed by atoms with Crippen molar-refractivity contribution in [1.29, 1.82) is 0 Å². The molecule has 0 unspecified atom stereocenters. The number of hydrogen-bond acceptors (Lipinski definition) is 4. The van der Waals surface area contributed by atoms with Crippen molar-refractivity contribution < 1.29 is 18.7 Å². The molecule has 0 fully saturated rings. The van der Waals surface area contributed by atoms with Crippen molar-refractivity contribution in [2.45, 2.75) is 32.9 Å². The van der Waals surface area contributed by atoms with E-state index in [1.165, 1.54) is 0 Å². The van der Waals surface area contributed by atoms with E-state index in [1.807, 2.05) is 12.1 Å². The predicted molar refractivity (Wildman–Crippen MR) is 94.3 cm³/mol. The minimum absolute atomic E-state index is 0.0784. The Morgan fingerprint density at radius 2 is 1.80 bits per heavy atom. The van der Waals surface area contributed by atoms with E-state index in [9.17, 15) is 9.59 Å². The summed E-state index contributed by atoms with van der Waals surface area (Å²) in [5.41, 5.74) is 1.52. The van der Waals surface area contributed by atoms with Gasteiger partial charge in [-0.2, -0.15) is 0 Å². The molecule has 2 rings (SSSR count). The number of unbranched alkanes of at least 4 members (excludes halogenated alkanes) is 1. The van der Waals surface area contributed by atoms with E-state index in [-0.39, 0.29) is 17.6 Å². The summed E-state index contributed by atoms with van der Waals surface area (Å²) >= 11 is 0. The fourth-order valence-corrected chi connectivity index (χ4v) is 2.24. The summed E-state index contributed by atoms with van der Waals surface area (Å²) < 4.78 is 10.3. The summed E-state index contributed by atoms with van der Waals surface area (Å²) in [4.78, 5) is 24.0. The highest BCUT2D eigenvalue weighted by Gasteiger charge is 2.11. The molecule has 0 spiro atoms. The molecule has 0 aliphatic rings. The zero-order valence-electron chi connectivity index (χ0n) is 14.6. The van der Waals surface area contributed by atoms with Crippen LogP contribution in [0.3, 0.4) is 0 Å². The molecule has 1 heterocycles. The van der Waals surface area contributed by atoms with E-state index in [4.69, 9.17) is 9.15 Å². The highest BCUT2D eigenvalue weighted by Crippen LogP contribution is 2.10. The van der Waals surface area contributed by atoms with Crippen LogP contribution < -0.4 is 10.6 Å². The van der Waals surface area contributed by atoms with Gasteiger partial charge in [-0.15, -0.1) is 0 Å². The molecule has 6 heteroatoms. The van der Waals surface area contributed by atoms with Gasteiger partial charge in [0.05, 0.1) is 0 Å². The van der Waals surface area contributed by atoms with Crippen LogP contribution in [0, 0.1) is 0 Å². The Hall–Kier alpha value is -2.60. The van der Waals surface area contributed by atoms with Crippen molar-refractivity contribution in [3.63, 3.8) is 0 Å². The molecule has 2 amide bonds. The Morgan fingerprint density at radius 3 is 2.48 bits per heavy atom. The SMILES string of the molecule is CCCCNC(=O)c1ccc(CNC(=O)c2ccc(COC)o2)cc1. The third kappa shape index (κ3) is 5.76. The summed E-state index contributed by atoms with van der Waals surface area (Å²) in [7, 11) is 1.57. The first-order valence-corrected chi connectivity index (χ1v) is 8.37. The molecule has 25 heavy (non-hydrogen) atoms. The molecule has 0 aliphatic heterocycles. The number of carbonyl (C=O) groups excluding carboxylic acids is 2. The van der Waals surface area contributed by atoms with E-state index in [0.717, 1.165) is 18.4 Å². The number of ether oxygens (including phenoxy) is 1. The number of amides is 2. The van der Waals surface area contributed by atoms with Crippen molar-refractivity contribution in [1.82, 2.24) is 10.6 Å². The molecule has 134 valence electrons. The molecule has 0 saturated carbocycles. The van der Waals surface area contributed by atoms with Crippen LogP contribution in [0.5, 0.6) is 0 Å². The lowest BCUT2D eigenvalue weighted by atomic mass is 10.1. The summed E-state index contributed by atoms with van der Waals surface area (Å²) in [6.45, 7) is 3.45. The maximum atomic E-state index is 12.0. The Balaban J connectivity index is 1.84. The smallest absolute Gasteiger partial charge is 0.287 e. The average molecular weight is 344 g/mol. The van der Waals surface area contributed by atoms with Crippen LogP contribution in [0.2, 0.25) is 0 Å². The number of rotatable bonds is 9. The van der Waals surface area contributed by atoms with Gasteiger partial charge in [-0.25, -0.2) is 0 Å². The zero-order valence-corrected chi connectivity index (χ0v) is 14.6. The molecule has 2 aromatic rings. The number of furan rings is 1. The molecule has 0 radical (unpaired) electrons. The predicted octanol–water partition coefficient (Wildman–Crippen LogP) is 2.89. The second kappa shape index (κ2) is 9.64. The fraction of sp³-hybridized carbons (Fsp3) is 0.368. The summed E-state index contributed by atoms with van der Waals surface area (Å²) in [6, 6.07) is 10.5. The van der Waals surface area contributed by atoms with Gasteiger partial charge in [0.15, 0.2) is 5.76 Å². The third-order valence-electron chi connectivity index (χ3n) is 3.66. The van der Waals surface area contributed by atoms with Crippen molar-refractivity contribution in [3.8, 4) is 0 Å². The molecule has 0 aliphatic carbocycles. The van der Waals surface area contributed by atoms with Crippen LogP contribution >= 0.6 is 0 Å². The molecular formula is C19H24N2O4. The van der Waals surface area contributed by atoms with Crippen LogP contribution in [-0.2, 0) is 17.9 Å². The monoisotopic (exact) mass is 344 g/mol. The number of methoxy groups -OCH3 is 1. The van der Waals surface area contributed by atoms with Crippen molar-refractivity contribution in [3.05, 3.63) is 59.0 Å². The van der Waals surface area contributed by atoms with Gasteiger partial charge in [0.1, 0.15) is 12.4 Å². The molecule has 1 aromatic heterocycles. The zero-order chi connectivity index (χ0) is 18.1. The molecule has 2 N–H and O–H groups in total. The summed E-state index contributed by atoms with van der Waals surface area (Å²) in [6.07, 6.45) is 2.01. The second-order valence-corrected chi connectivity index (χ2v) is 5.69. The van der Waals surface area contributed by atoms with Crippen LogP contribution in [0.25, 0.3) is 0 Å². The first-order valence-electron chi connectivity index (χ1n) is 8.37. The van der Waals surface area contributed by atoms with Crippen molar-refractivity contribution >= 4 is 11.8 Å². The van der Waals surface area contributed by atoms with Gasteiger partial charge in [-0.3, -0.25) is 9.59 Å². The van der Waals surface area contributed by atoms with Gasteiger partial charge >= 0.3 is 0 Å². The number of carbonyl (C=O) groups is 2. The van der Waals surface area contributed by atoms with Gasteiger partial charge in [0.2, 0.25) is 0 Å². The first kappa shape index (κ1) is 18.7. The highest BCUT2D eigenvalue weighted by atomic mass is 16.5. The Kier molecular flexibility index (Phi) is 7.22. The molecule has 0 atom stereocenters. The van der Waals surface area contributed by atoms with Gasteiger partial charge in [-0.1, -0.05) is 25.5 Å². The Labute approximate surface area is 147 Å². The number of benzene rings is 1. The van der Waals surface area contributed by atoms with E-state index < -0.39 is 0 Å². The largest absolute Gasteiger partial charge is 0.453 e. The van der Waals surface area contributed by atoms with E-state index in [1.54, 1.807) is 31.4 Å². The molecular weight excluding hydrogens is 320 g/mol. The standard InChI is InChI=1S/C19H24N2O4/c1-3-4-11-20-18(22)15-7-5-14(6-8-15)12-21-19(23)17-10-9-16(25-17)13-24-2/h5-10H,3-4,11-13H2,1-2H3,(H,20,22)(H,21,23). The van der Waals surface area contributed by atoms with Crippen LogP contribution in [0.15, 0.2) is 40.8 Å². The fourth-order valence-electron chi connectivity index (χ4n) is 2.24. The minimum Gasteiger partial charge on any atom is -0.453 e. The highest BCUT2D eigenvalue weighted by molar-refractivity contribution is 5.94. The van der Waals surface area contributed by atoms with Gasteiger partial charge in [-0.05, 0) is 36.2 Å². The number of nitrogens with one attached hydrogen (secondary N) is 2. The first-order chi connectivity index (χ1) is 12.1. The van der Waals surface area contributed by atoms with Crippen LogP contribution in [-0.4, -0.2) is 25.5 Å². The van der Waals surface area contributed by atoms with Crippen LogP contribution in [0.4, 0.5) is 0 Å². The van der Waals surface area contributed by atoms with E-state index in [2.05, 4.69) is 17.6 Å². The van der Waals surface area contributed by atoms with E-state index in [0.29, 0.717) is 31.0 Å². The second-order valence-electron chi connectivity index (χ2n) is 5.69. The maximum Gasteiger partial charge on any atom is 0.287 e. The summed E-state index contributed by atoms with van der Waals surface area (Å²) in [5.74, 6) is 0.485. The quantitative estimate of drug-likeness (QED) is 0.686.